The molecule has 0 bridgehead atoms. The first kappa shape index (κ1) is 27.6. The number of nitrogens with one attached hydrogen (secondary N) is 2. The normalized spacial score (nSPS) is 11.1. The summed E-state index contributed by atoms with van der Waals surface area (Å²) in [5, 5.41) is 19.4. The lowest BCUT2D eigenvalue weighted by atomic mass is 10.1. The summed E-state index contributed by atoms with van der Waals surface area (Å²) < 4.78 is 27.9. The lowest BCUT2D eigenvalue weighted by molar-refractivity contribution is -0.135. The van der Waals surface area contributed by atoms with Crippen molar-refractivity contribution in [1.29, 1.82) is 0 Å². The first-order valence-electron chi connectivity index (χ1n) is 10.9. The van der Waals surface area contributed by atoms with E-state index in [2.05, 4.69) is 25.6 Å². The molecule has 13 nitrogen and oxygen atoms in total. The minimum atomic E-state index is -3.81. The monoisotopic (exact) mass is 548 g/mol. The first-order chi connectivity index (χ1) is 17.5. The summed E-state index contributed by atoms with van der Waals surface area (Å²) in [5.41, 5.74) is 1.63. The number of amides is 1. The van der Waals surface area contributed by atoms with Crippen molar-refractivity contribution in [3.05, 3.63) is 57.9 Å². The van der Waals surface area contributed by atoms with E-state index in [1.807, 2.05) is 0 Å². The van der Waals surface area contributed by atoms with Gasteiger partial charge in [0.05, 0.1) is 17.2 Å². The van der Waals surface area contributed by atoms with Crippen LogP contribution in [0.2, 0.25) is 0 Å². The van der Waals surface area contributed by atoms with Crippen molar-refractivity contribution in [3.8, 4) is 0 Å². The lowest BCUT2D eigenvalue weighted by Gasteiger charge is -2.09. The van der Waals surface area contributed by atoms with Crippen LogP contribution in [-0.4, -0.2) is 59.5 Å². The predicted molar refractivity (Wildman–Crippen MR) is 133 cm³/mol. The number of esters is 1. The summed E-state index contributed by atoms with van der Waals surface area (Å²) in [6, 6.07) is 7.46. The van der Waals surface area contributed by atoms with Gasteiger partial charge in [-0.15, -0.1) is 0 Å². The Morgan fingerprint density at radius 3 is 2.43 bits per heavy atom. The summed E-state index contributed by atoms with van der Waals surface area (Å²) in [5.74, 6) is -2.42. The van der Waals surface area contributed by atoms with Gasteiger partial charge < -0.3 is 15.2 Å². The fourth-order valence-corrected chi connectivity index (χ4v) is 4.46. The second kappa shape index (κ2) is 11.9. The number of rotatable bonds is 11. The van der Waals surface area contributed by atoms with Crippen LogP contribution in [-0.2, 0) is 32.4 Å². The van der Waals surface area contributed by atoms with Crippen LogP contribution in [0.3, 0.4) is 0 Å². The van der Waals surface area contributed by atoms with Gasteiger partial charge in [-0.1, -0.05) is 23.5 Å². The number of hydrogen-bond acceptors (Lipinski definition) is 11. The van der Waals surface area contributed by atoms with Crippen molar-refractivity contribution in [3.63, 3.8) is 0 Å². The van der Waals surface area contributed by atoms with E-state index in [9.17, 15) is 22.8 Å². The summed E-state index contributed by atoms with van der Waals surface area (Å²) in [6.07, 6.45) is 0.789. The van der Waals surface area contributed by atoms with Gasteiger partial charge in [-0.2, -0.15) is 0 Å². The number of ether oxygens (including phenoxy) is 1. The highest BCUT2D eigenvalue weighted by Gasteiger charge is 2.18. The molecule has 1 aromatic carbocycles. The Kier molecular flexibility index (Phi) is 8.86. The number of carboxylic acids is 1. The van der Waals surface area contributed by atoms with Gasteiger partial charge in [0.1, 0.15) is 17.1 Å². The van der Waals surface area contributed by atoms with Gasteiger partial charge in [0, 0.05) is 5.69 Å². The van der Waals surface area contributed by atoms with E-state index in [0.29, 0.717) is 34.2 Å². The van der Waals surface area contributed by atoms with Crippen molar-refractivity contribution >= 4 is 50.3 Å². The number of primary sulfonamides is 1. The third-order valence-electron chi connectivity index (χ3n) is 4.81. The number of benzene rings is 1. The summed E-state index contributed by atoms with van der Waals surface area (Å²) in [6.45, 7) is 2.96. The zero-order valence-corrected chi connectivity index (χ0v) is 21.5. The Balaban J connectivity index is 1.85. The molecule has 0 fully saturated rings. The molecule has 0 radical (unpaired) electrons. The van der Waals surface area contributed by atoms with Gasteiger partial charge in [0.15, 0.2) is 5.13 Å². The number of hydrogen-bond donors (Lipinski definition) is 4. The Morgan fingerprint density at radius 1 is 1.11 bits per heavy atom. The summed E-state index contributed by atoms with van der Waals surface area (Å²) in [4.78, 5) is 48.6. The van der Waals surface area contributed by atoms with Crippen molar-refractivity contribution in [2.45, 2.75) is 31.6 Å². The number of thiazole rings is 1. The lowest BCUT2D eigenvalue weighted by Crippen LogP contribution is -2.30. The predicted octanol–water partition coefficient (Wildman–Crippen LogP) is 1.41. The molecule has 0 spiro atoms. The largest absolute Gasteiger partial charge is 0.480 e. The van der Waals surface area contributed by atoms with Crippen molar-refractivity contribution in [1.82, 2.24) is 20.3 Å². The number of nitrogens with zero attached hydrogens (tertiary/aromatic N) is 3. The molecule has 0 aliphatic carbocycles. The van der Waals surface area contributed by atoms with Crippen molar-refractivity contribution < 1.29 is 32.6 Å². The third kappa shape index (κ3) is 7.77. The Labute approximate surface area is 216 Å². The van der Waals surface area contributed by atoms with Crippen LogP contribution in [0.25, 0.3) is 0 Å². The average molecular weight is 549 g/mol. The molecule has 0 saturated carbocycles. The van der Waals surface area contributed by atoms with E-state index in [1.165, 1.54) is 18.2 Å². The van der Waals surface area contributed by atoms with E-state index in [0.717, 1.165) is 16.9 Å². The van der Waals surface area contributed by atoms with Crippen LogP contribution in [0.4, 0.5) is 11.1 Å². The van der Waals surface area contributed by atoms with E-state index in [1.54, 1.807) is 26.0 Å². The molecule has 5 N–H and O–H groups in total. The standard InChI is InChI=1S/C22H24N6O7S2/c1-3-35-20(32)18-12(2)25-22(36-18)28-21-26-14(10-16(27-21)19(31)24-11-17(29)30)7-4-13-5-8-15(9-6-13)37(23,33)34/h5-6,8-10H,3-4,7,11H2,1-2H3,(H,24,31)(H,29,30)(H2,23,33,34)(H,25,26,27,28). The molecule has 15 heteroatoms. The molecule has 2 aromatic heterocycles. The van der Waals surface area contributed by atoms with E-state index < -0.39 is 34.4 Å². The molecular formula is C22H24N6O7S2. The smallest absolute Gasteiger partial charge is 0.350 e. The number of sulfonamides is 1. The minimum absolute atomic E-state index is 0.0110. The number of aryl methyl sites for hydroxylation is 3. The fourth-order valence-electron chi connectivity index (χ4n) is 3.09. The SMILES string of the molecule is CCOC(=O)c1sc(Nc2nc(CCc3ccc(S(N)(=O)=O)cc3)cc(C(=O)NCC(=O)O)n2)nc1C. The maximum atomic E-state index is 12.5. The molecule has 3 aromatic rings. The molecule has 3 rings (SSSR count). The Bertz CT molecular complexity index is 1420. The van der Waals surface area contributed by atoms with Gasteiger partial charge in [-0.25, -0.2) is 33.3 Å². The molecule has 0 saturated heterocycles. The molecule has 0 aliphatic heterocycles. The van der Waals surface area contributed by atoms with Gasteiger partial charge in [-0.05, 0) is 50.5 Å². The van der Waals surface area contributed by atoms with Gasteiger partial charge in [0.25, 0.3) is 5.91 Å². The molecular weight excluding hydrogens is 524 g/mol. The Morgan fingerprint density at radius 2 is 1.81 bits per heavy atom. The highest BCUT2D eigenvalue weighted by Crippen LogP contribution is 2.25. The molecule has 0 unspecified atom stereocenters. The number of carbonyl (C=O) groups is 3. The van der Waals surface area contributed by atoms with Crippen LogP contribution in [0.5, 0.6) is 0 Å². The molecule has 2 heterocycles. The minimum Gasteiger partial charge on any atom is -0.480 e. The maximum absolute atomic E-state index is 12.5. The van der Waals surface area contributed by atoms with Crippen LogP contribution < -0.4 is 15.8 Å². The highest BCUT2D eigenvalue weighted by molar-refractivity contribution is 7.89. The van der Waals surface area contributed by atoms with Crippen LogP contribution in [0.1, 0.15) is 44.0 Å². The molecule has 0 atom stereocenters. The zero-order chi connectivity index (χ0) is 27.2. The number of nitrogens with two attached hydrogens (primary N) is 1. The van der Waals surface area contributed by atoms with Crippen LogP contribution >= 0.6 is 11.3 Å². The van der Waals surface area contributed by atoms with Crippen LogP contribution in [0, 0.1) is 6.92 Å². The van der Waals surface area contributed by atoms with Gasteiger partial charge in [-0.3, -0.25) is 14.9 Å². The second-order valence-corrected chi connectivity index (χ2v) is 10.2. The van der Waals surface area contributed by atoms with E-state index in [-0.39, 0.29) is 23.1 Å². The third-order valence-corrected chi connectivity index (χ3v) is 6.79. The Hall–Kier alpha value is -3.95. The number of anilines is 2. The molecule has 37 heavy (non-hydrogen) atoms. The number of aliphatic carboxylic acids is 1. The van der Waals surface area contributed by atoms with Gasteiger partial charge >= 0.3 is 11.9 Å². The van der Waals surface area contributed by atoms with E-state index >= 15 is 0 Å². The number of carbonyl (C=O) groups excluding carboxylic acids is 2. The number of carboxylic acid groups (broad SMARTS) is 1. The summed E-state index contributed by atoms with van der Waals surface area (Å²) >= 11 is 1.04. The fraction of sp³-hybridized carbons (Fsp3) is 0.273. The van der Waals surface area contributed by atoms with E-state index in [4.69, 9.17) is 15.0 Å². The second-order valence-electron chi connectivity index (χ2n) is 7.61. The molecule has 196 valence electrons. The quantitative estimate of drug-likeness (QED) is 0.252. The van der Waals surface area contributed by atoms with Crippen LogP contribution in [0.15, 0.2) is 35.2 Å². The average Bonchev–Trinajstić information content (AvgIpc) is 3.20. The topological polar surface area (TPSA) is 204 Å². The van der Waals surface area contributed by atoms with Gasteiger partial charge in [0.2, 0.25) is 16.0 Å². The highest BCUT2D eigenvalue weighted by atomic mass is 32.2. The number of aromatic nitrogens is 3. The molecule has 0 aliphatic rings. The molecule has 1 amide bonds. The first-order valence-corrected chi connectivity index (χ1v) is 13.2. The summed E-state index contributed by atoms with van der Waals surface area (Å²) in [7, 11) is -3.81. The van der Waals surface area contributed by atoms with Crippen molar-refractivity contribution in [2.24, 2.45) is 5.14 Å². The zero-order valence-electron chi connectivity index (χ0n) is 19.8. The van der Waals surface area contributed by atoms with Crippen molar-refractivity contribution in [2.75, 3.05) is 18.5 Å². The maximum Gasteiger partial charge on any atom is 0.350 e.